The van der Waals surface area contributed by atoms with E-state index in [4.69, 9.17) is 15.2 Å². The van der Waals surface area contributed by atoms with E-state index >= 15 is 0 Å². The quantitative estimate of drug-likeness (QED) is 0.871. The van der Waals surface area contributed by atoms with Gasteiger partial charge < -0.3 is 20.5 Å². The third-order valence-corrected chi connectivity index (χ3v) is 3.68. The molecule has 0 bridgehead atoms. The Balaban J connectivity index is 1.96. The van der Waals surface area contributed by atoms with Crippen molar-refractivity contribution in [2.45, 2.75) is 32.7 Å². The van der Waals surface area contributed by atoms with Gasteiger partial charge in [0, 0.05) is 25.0 Å². The second-order valence-corrected chi connectivity index (χ2v) is 5.62. The Bertz CT molecular complexity index is 482. The molecule has 5 nitrogen and oxygen atoms in total. The SMILES string of the molecule is Cc1ccc(NC(=O)[C@@H](C)N)cc1OCC1CCOCC1. The number of aryl methyl sites for hydroxylation is 1. The van der Waals surface area contributed by atoms with Crippen molar-refractivity contribution in [1.82, 2.24) is 0 Å². The summed E-state index contributed by atoms with van der Waals surface area (Å²) in [4.78, 5) is 11.6. The highest BCUT2D eigenvalue weighted by molar-refractivity contribution is 5.94. The summed E-state index contributed by atoms with van der Waals surface area (Å²) in [5.74, 6) is 1.15. The highest BCUT2D eigenvalue weighted by Gasteiger charge is 2.15. The number of hydrogen-bond donors (Lipinski definition) is 2. The van der Waals surface area contributed by atoms with Crippen LogP contribution in [0.4, 0.5) is 5.69 Å². The normalized spacial score (nSPS) is 17.3. The minimum atomic E-state index is -0.530. The number of benzene rings is 1. The molecule has 1 heterocycles. The summed E-state index contributed by atoms with van der Waals surface area (Å²) < 4.78 is 11.3. The summed E-state index contributed by atoms with van der Waals surface area (Å²) in [6.07, 6.45) is 2.08. The number of ether oxygens (including phenoxy) is 2. The maximum Gasteiger partial charge on any atom is 0.241 e. The second-order valence-electron chi connectivity index (χ2n) is 5.62. The number of anilines is 1. The van der Waals surface area contributed by atoms with Crippen LogP contribution in [0, 0.1) is 12.8 Å². The Morgan fingerprint density at radius 2 is 2.19 bits per heavy atom. The van der Waals surface area contributed by atoms with E-state index in [0.29, 0.717) is 18.2 Å². The molecule has 116 valence electrons. The first-order chi connectivity index (χ1) is 10.1. The number of nitrogens with two attached hydrogens (primary N) is 1. The maximum absolute atomic E-state index is 11.6. The van der Waals surface area contributed by atoms with Crippen LogP contribution < -0.4 is 15.8 Å². The van der Waals surface area contributed by atoms with E-state index < -0.39 is 6.04 Å². The zero-order chi connectivity index (χ0) is 15.2. The molecular weight excluding hydrogens is 268 g/mol. The lowest BCUT2D eigenvalue weighted by Crippen LogP contribution is -2.32. The van der Waals surface area contributed by atoms with Crippen LogP contribution in [0.15, 0.2) is 18.2 Å². The number of nitrogens with one attached hydrogen (secondary N) is 1. The summed E-state index contributed by atoms with van der Waals surface area (Å²) in [6, 6.07) is 5.13. The molecule has 0 unspecified atom stereocenters. The zero-order valence-electron chi connectivity index (χ0n) is 12.7. The summed E-state index contributed by atoms with van der Waals surface area (Å²) in [6.45, 7) is 5.98. The molecule has 0 saturated carbocycles. The van der Waals surface area contributed by atoms with Crippen molar-refractivity contribution < 1.29 is 14.3 Å². The molecule has 2 rings (SSSR count). The van der Waals surface area contributed by atoms with E-state index in [0.717, 1.165) is 37.4 Å². The summed E-state index contributed by atoms with van der Waals surface area (Å²) in [5.41, 5.74) is 7.32. The highest BCUT2D eigenvalue weighted by atomic mass is 16.5. The minimum absolute atomic E-state index is 0.200. The van der Waals surface area contributed by atoms with E-state index in [1.54, 1.807) is 6.92 Å². The van der Waals surface area contributed by atoms with Crippen molar-refractivity contribution in [3.8, 4) is 5.75 Å². The van der Waals surface area contributed by atoms with Gasteiger partial charge in [0.1, 0.15) is 5.75 Å². The largest absolute Gasteiger partial charge is 0.493 e. The Hall–Kier alpha value is -1.59. The van der Waals surface area contributed by atoms with Gasteiger partial charge in [-0.25, -0.2) is 0 Å². The molecule has 0 radical (unpaired) electrons. The van der Waals surface area contributed by atoms with Crippen LogP contribution in [0.2, 0.25) is 0 Å². The number of carbonyl (C=O) groups is 1. The van der Waals surface area contributed by atoms with Crippen LogP contribution in [-0.2, 0) is 9.53 Å². The first kappa shape index (κ1) is 15.8. The van der Waals surface area contributed by atoms with Crippen molar-refractivity contribution in [2.75, 3.05) is 25.1 Å². The first-order valence-corrected chi connectivity index (χ1v) is 7.44. The predicted octanol–water partition coefficient (Wildman–Crippen LogP) is 2.09. The van der Waals surface area contributed by atoms with Crippen LogP contribution in [-0.4, -0.2) is 31.8 Å². The molecule has 1 amide bonds. The van der Waals surface area contributed by atoms with Crippen molar-refractivity contribution in [3.05, 3.63) is 23.8 Å². The molecule has 1 aliphatic heterocycles. The van der Waals surface area contributed by atoms with Crippen LogP contribution in [0.25, 0.3) is 0 Å². The maximum atomic E-state index is 11.6. The molecule has 21 heavy (non-hydrogen) atoms. The zero-order valence-corrected chi connectivity index (χ0v) is 12.7. The van der Waals surface area contributed by atoms with Gasteiger partial charge in [-0.15, -0.1) is 0 Å². The van der Waals surface area contributed by atoms with Crippen LogP contribution in [0.3, 0.4) is 0 Å². The Labute approximate surface area is 125 Å². The smallest absolute Gasteiger partial charge is 0.241 e. The van der Waals surface area contributed by atoms with Gasteiger partial charge in [-0.05, 0) is 44.2 Å². The van der Waals surface area contributed by atoms with Crippen LogP contribution >= 0.6 is 0 Å². The molecule has 0 aliphatic carbocycles. The molecule has 1 aromatic carbocycles. The van der Waals surface area contributed by atoms with E-state index in [-0.39, 0.29) is 5.91 Å². The molecule has 3 N–H and O–H groups in total. The van der Waals surface area contributed by atoms with E-state index in [2.05, 4.69) is 5.32 Å². The fourth-order valence-corrected chi connectivity index (χ4v) is 2.21. The molecule has 0 aromatic heterocycles. The lowest BCUT2D eigenvalue weighted by molar-refractivity contribution is -0.117. The number of carbonyl (C=O) groups excluding carboxylic acids is 1. The van der Waals surface area contributed by atoms with E-state index in [9.17, 15) is 4.79 Å². The third kappa shape index (κ3) is 4.72. The summed E-state index contributed by atoms with van der Waals surface area (Å²) >= 11 is 0. The Morgan fingerprint density at radius 1 is 1.48 bits per heavy atom. The Morgan fingerprint density at radius 3 is 2.86 bits per heavy atom. The molecule has 1 saturated heterocycles. The van der Waals surface area contributed by atoms with Crippen LogP contribution in [0.5, 0.6) is 5.75 Å². The third-order valence-electron chi connectivity index (χ3n) is 3.68. The average Bonchev–Trinajstić information content (AvgIpc) is 2.48. The van der Waals surface area contributed by atoms with Gasteiger partial charge >= 0.3 is 0 Å². The lowest BCUT2D eigenvalue weighted by Gasteiger charge is -2.22. The molecule has 0 spiro atoms. The lowest BCUT2D eigenvalue weighted by atomic mass is 10.0. The number of hydrogen-bond acceptors (Lipinski definition) is 4. The topological polar surface area (TPSA) is 73.6 Å². The van der Waals surface area contributed by atoms with E-state index in [1.807, 2.05) is 25.1 Å². The molecule has 1 fully saturated rings. The van der Waals surface area contributed by atoms with Crippen molar-refractivity contribution in [2.24, 2.45) is 11.7 Å². The average molecular weight is 292 g/mol. The van der Waals surface area contributed by atoms with Crippen molar-refractivity contribution >= 4 is 11.6 Å². The highest BCUT2D eigenvalue weighted by Crippen LogP contribution is 2.24. The van der Waals surface area contributed by atoms with Gasteiger partial charge in [0.15, 0.2) is 0 Å². The van der Waals surface area contributed by atoms with Crippen molar-refractivity contribution in [1.29, 1.82) is 0 Å². The first-order valence-electron chi connectivity index (χ1n) is 7.44. The van der Waals surface area contributed by atoms with Gasteiger partial charge in [0.2, 0.25) is 5.91 Å². The fraction of sp³-hybridized carbons (Fsp3) is 0.562. The van der Waals surface area contributed by atoms with Gasteiger partial charge in [-0.1, -0.05) is 6.07 Å². The molecular formula is C16H24N2O3. The van der Waals surface area contributed by atoms with Gasteiger partial charge in [0.25, 0.3) is 0 Å². The van der Waals surface area contributed by atoms with Gasteiger partial charge in [-0.2, -0.15) is 0 Å². The summed E-state index contributed by atoms with van der Waals surface area (Å²) in [5, 5.41) is 2.78. The molecule has 5 heteroatoms. The predicted molar refractivity (Wildman–Crippen MR) is 82.5 cm³/mol. The second kappa shape index (κ2) is 7.43. The fourth-order valence-electron chi connectivity index (χ4n) is 2.21. The summed E-state index contributed by atoms with van der Waals surface area (Å²) in [7, 11) is 0. The molecule has 1 atom stereocenters. The van der Waals surface area contributed by atoms with Gasteiger partial charge in [0.05, 0.1) is 12.6 Å². The van der Waals surface area contributed by atoms with Gasteiger partial charge in [-0.3, -0.25) is 4.79 Å². The molecule has 1 aliphatic rings. The van der Waals surface area contributed by atoms with E-state index in [1.165, 1.54) is 0 Å². The van der Waals surface area contributed by atoms with Crippen molar-refractivity contribution in [3.63, 3.8) is 0 Å². The number of rotatable bonds is 5. The Kier molecular flexibility index (Phi) is 5.59. The number of amides is 1. The minimum Gasteiger partial charge on any atom is -0.493 e. The molecule has 1 aromatic rings. The monoisotopic (exact) mass is 292 g/mol. The van der Waals surface area contributed by atoms with Crippen LogP contribution in [0.1, 0.15) is 25.3 Å². The standard InChI is InChI=1S/C16H24N2O3/c1-11-3-4-14(18-16(19)12(2)17)9-15(11)21-10-13-5-7-20-8-6-13/h3-4,9,12-13H,5-8,10,17H2,1-2H3,(H,18,19)/t12-/m1/s1.